The summed E-state index contributed by atoms with van der Waals surface area (Å²) in [7, 11) is 3.46. The van der Waals surface area contributed by atoms with Crippen LogP contribution < -0.4 is 9.64 Å². The number of hydrogen-bond donors (Lipinski definition) is 0. The topological polar surface area (TPSA) is 89.3 Å². The zero-order chi connectivity index (χ0) is 22.1. The number of para-hydroxylation sites is 1. The molecule has 0 radical (unpaired) electrons. The Bertz CT molecular complexity index is 1260. The molecule has 0 bridgehead atoms. The van der Waals surface area contributed by atoms with Crippen LogP contribution in [0.2, 0.25) is 0 Å². The van der Waals surface area contributed by atoms with Crippen molar-refractivity contribution in [3.05, 3.63) is 60.6 Å². The molecule has 162 valence electrons. The lowest BCUT2D eigenvalue weighted by molar-refractivity contribution is 0.0748. The van der Waals surface area contributed by atoms with Crippen LogP contribution in [0.3, 0.4) is 0 Å². The van der Waals surface area contributed by atoms with E-state index in [2.05, 4.69) is 20.0 Å². The summed E-state index contributed by atoms with van der Waals surface area (Å²) in [6.07, 6.45) is 5.17. The predicted octanol–water partition coefficient (Wildman–Crippen LogP) is 2.40. The molecule has 0 saturated carbocycles. The van der Waals surface area contributed by atoms with Crippen LogP contribution in [0.4, 0.5) is 5.95 Å². The van der Waals surface area contributed by atoms with Gasteiger partial charge in [0, 0.05) is 51.2 Å². The summed E-state index contributed by atoms with van der Waals surface area (Å²) in [4.78, 5) is 31.0. The molecule has 0 unspecified atom stereocenters. The Labute approximate surface area is 185 Å². The molecule has 32 heavy (non-hydrogen) atoms. The molecule has 1 aliphatic rings. The predicted molar refractivity (Wildman–Crippen MR) is 121 cm³/mol. The number of carbonyl (C=O) groups is 1. The van der Waals surface area contributed by atoms with Crippen LogP contribution in [-0.2, 0) is 7.05 Å². The van der Waals surface area contributed by atoms with Crippen molar-refractivity contribution >= 4 is 22.9 Å². The monoisotopic (exact) mass is 429 g/mol. The van der Waals surface area contributed by atoms with Crippen LogP contribution in [0.25, 0.3) is 22.3 Å². The highest BCUT2D eigenvalue weighted by Crippen LogP contribution is 2.31. The van der Waals surface area contributed by atoms with Gasteiger partial charge in [0.2, 0.25) is 5.95 Å². The first-order chi connectivity index (χ1) is 15.7. The first-order valence-electron chi connectivity index (χ1n) is 10.4. The lowest BCUT2D eigenvalue weighted by atomic mass is 10.0. The van der Waals surface area contributed by atoms with Crippen molar-refractivity contribution in [2.75, 3.05) is 38.2 Å². The molecule has 9 heteroatoms. The number of piperazine rings is 1. The van der Waals surface area contributed by atoms with Gasteiger partial charge in [-0.3, -0.25) is 9.48 Å². The fourth-order valence-corrected chi connectivity index (χ4v) is 4.02. The van der Waals surface area contributed by atoms with Crippen molar-refractivity contribution in [2.24, 2.45) is 7.05 Å². The lowest BCUT2D eigenvalue weighted by Crippen LogP contribution is -2.49. The van der Waals surface area contributed by atoms with E-state index in [1.54, 1.807) is 36.4 Å². The summed E-state index contributed by atoms with van der Waals surface area (Å²) in [5.74, 6) is 1.36. The average molecular weight is 429 g/mol. The molecule has 9 nitrogen and oxygen atoms in total. The Hall–Kier alpha value is -4.01. The summed E-state index contributed by atoms with van der Waals surface area (Å²) in [6, 6.07) is 11.3. The van der Waals surface area contributed by atoms with Gasteiger partial charge in [-0.2, -0.15) is 5.10 Å². The van der Waals surface area contributed by atoms with Crippen molar-refractivity contribution in [2.45, 2.75) is 0 Å². The lowest BCUT2D eigenvalue weighted by Gasteiger charge is -2.34. The Morgan fingerprint density at radius 1 is 1.03 bits per heavy atom. The minimum Gasteiger partial charge on any atom is -0.496 e. The highest BCUT2D eigenvalue weighted by atomic mass is 16.5. The number of pyridine rings is 1. The van der Waals surface area contributed by atoms with E-state index in [4.69, 9.17) is 9.72 Å². The molecule has 1 aromatic carbocycles. The Morgan fingerprint density at radius 3 is 2.53 bits per heavy atom. The maximum atomic E-state index is 13.6. The quantitative estimate of drug-likeness (QED) is 0.492. The van der Waals surface area contributed by atoms with Gasteiger partial charge >= 0.3 is 0 Å². The smallest absolute Gasteiger partial charge is 0.254 e. The fourth-order valence-electron chi connectivity index (χ4n) is 4.02. The molecule has 1 fully saturated rings. The van der Waals surface area contributed by atoms with E-state index in [-0.39, 0.29) is 5.91 Å². The first-order valence-corrected chi connectivity index (χ1v) is 10.4. The molecule has 0 spiro atoms. The Morgan fingerprint density at radius 2 is 1.78 bits per heavy atom. The van der Waals surface area contributed by atoms with Crippen LogP contribution in [0.15, 0.2) is 55.0 Å². The van der Waals surface area contributed by atoms with Gasteiger partial charge in [0.05, 0.1) is 30.0 Å². The molecule has 4 heterocycles. The molecule has 1 saturated heterocycles. The van der Waals surface area contributed by atoms with Crippen molar-refractivity contribution in [3.8, 4) is 17.0 Å². The number of anilines is 1. The van der Waals surface area contributed by atoms with Crippen molar-refractivity contribution in [1.29, 1.82) is 0 Å². The normalized spacial score (nSPS) is 14.1. The third-order valence-electron chi connectivity index (χ3n) is 5.72. The number of amides is 1. The van der Waals surface area contributed by atoms with E-state index in [1.807, 2.05) is 42.3 Å². The summed E-state index contributed by atoms with van der Waals surface area (Å²) in [6.45, 7) is 2.53. The number of nitrogens with zero attached hydrogens (tertiary/aromatic N) is 7. The number of methoxy groups -OCH3 is 1. The molecule has 0 aliphatic carbocycles. The van der Waals surface area contributed by atoms with Gasteiger partial charge in [0.25, 0.3) is 5.91 Å². The number of aryl methyl sites for hydroxylation is 1. The van der Waals surface area contributed by atoms with Gasteiger partial charge in [-0.15, -0.1) is 0 Å². The highest BCUT2D eigenvalue weighted by molar-refractivity contribution is 6.06. The Kier molecular flexibility index (Phi) is 5.14. The first kappa shape index (κ1) is 19.9. The van der Waals surface area contributed by atoms with Gasteiger partial charge in [-0.25, -0.2) is 15.0 Å². The molecular formula is C23H23N7O2. The van der Waals surface area contributed by atoms with Gasteiger partial charge in [0.15, 0.2) is 5.65 Å². The second-order valence-electron chi connectivity index (χ2n) is 7.59. The highest BCUT2D eigenvalue weighted by Gasteiger charge is 2.26. The number of carbonyl (C=O) groups excluding carboxylic acids is 1. The van der Waals surface area contributed by atoms with E-state index in [0.717, 1.165) is 10.9 Å². The molecular weight excluding hydrogens is 406 g/mol. The summed E-state index contributed by atoms with van der Waals surface area (Å²) in [5, 5.41) is 5.08. The summed E-state index contributed by atoms with van der Waals surface area (Å²) in [5.41, 5.74) is 2.76. The van der Waals surface area contributed by atoms with Crippen LogP contribution in [0.5, 0.6) is 5.75 Å². The molecule has 0 N–H and O–H groups in total. The van der Waals surface area contributed by atoms with Crippen LogP contribution in [0, 0.1) is 0 Å². The molecule has 3 aromatic heterocycles. The third kappa shape index (κ3) is 3.51. The van der Waals surface area contributed by atoms with E-state index in [1.165, 1.54) is 0 Å². The van der Waals surface area contributed by atoms with Crippen LogP contribution in [0.1, 0.15) is 10.4 Å². The van der Waals surface area contributed by atoms with E-state index >= 15 is 0 Å². The number of fused-ring (bicyclic) bond motifs is 1. The van der Waals surface area contributed by atoms with E-state index in [0.29, 0.717) is 54.8 Å². The Balaban J connectivity index is 1.48. The zero-order valence-corrected chi connectivity index (χ0v) is 18.0. The second kappa shape index (κ2) is 8.26. The number of hydrogen-bond acceptors (Lipinski definition) is 7. The number of ether oxygens (including phenoxy) is 1. The second-order valence-corrected chi connectivity index (χ2v) is 7.59. The van der Waals surface area contributed by atoms with Crippen molar-refractivity contribution < 1.29 is 9.53 Å². The van der Waals surface area contributed by atoms with Crippen LogP contribution in [-0.4, -0.2) is 68.8 Å². The van der Waals surface area contributed by atoms with E-state index < -0.39 is 0 Å². The largest absolute Gasteiger partial charge is 0.496 e. The maximum absolute atomic E-state index is 13.6. The molecule has 1 aliphatic heterocycles. The average Bonchev–Trinajstić information content (AvgIpc) is 3.24. The minimum atomic E-state index is -0.0322. The van der Waals surface area contributed by atoms with Gasteiger partial charge in [-0.05, 0) is 24.3 Å². The maximum Gasteiger partial charge on any atom is 0.254 e. The molecule has 1 amide bonds. The van der Waals surface area contributed by atoms with Crippen LogP contribution >= 0.6 is 0 Å². The van der Waals surface area contributed by atoms with Crippen molar-refractivity contribution in [3.63, 3.8) is 0 Å². The minimum absolute atomic E-state index is 0.0322. The third-order valence-corrected chi connectivity index (χ3v) is 5.72. The number of rotatable bonds is 4. The van der Waals surface area contributed by atoms with Gasteiger partial charge in [-0.1, -0.05) is 12.1 Å². The standard InChI is InChI=1S/C23H23N7O2/c1-28-21-18(15-26-28)17(14-19(27-21)16-6-3-4-7-20(16)32-2)22(31)29-10-12-30(13-11-29)23-24-8-5-9-25-23/h3-9,14-15H,10-13H2,1-2H3. The number of aromatic nitrogens is 5. The molecule has 5 rings (SSSR count). The van der Waals surface area contributed by atoms with E-state index in [9.17, 15) is 4.79 Å². The fraction of sp³-hybridized carbons (Fsp3) is 0.261. The van der Waals surface area contributed by atoms with Crippen molar-refractivity contribution in [1.82, 2.24) is 29.6 Å². The van der Waals surface area contributed by atoms with Gasteiger partial charge < -0.3 is 14.5 Å². The molecule has 4 aromatic rings. The zero-order valence-electron chi connectivity index (χ0n) is 18.0. The molecule has 0 atom stereocenters. The number of benzene rings is 1. The summed E-state index contributed by atoms with van der Waals surface area (Å²) < 4.78 is 7.21. The van der Waals surface area contributed by atoms with Gasteiger partial charge in [0.1, 0.15) is 5.75 Å². The SMILES string of the molecule is COc1ccccc1-c1cc(C(=O)N2CCN(c3ncccn3)CC2)c2cnn(C)c2n1. The summed E-state index contributed by atoms with van der Waals surface area (Å²) >= 11 is 0.